The topological polar surface area (TPSA) is 54.9 Å². The first-order chi connectivity index (χ1) is 12.6. The van der Waals surface area contributed by atoms with Crippen molar-refractivity contribution in [3.8, 4) is 11.5 Å². The molecule has 7 heteroatoms. The Kier molecular flexibility index (Phi) is 11.3. The number of nitrogens with one attached hydrogen (secondary N) is 2. The summed E-state index contributed by atoms with van der Waals surface area (Å²) < 4.78 is 11.3. The van der Waals surface area contributed by atoms with Gasteiger partial charge in [-0.3, -0.25) is 4.99 Å². The highest BCUT2D eigenvalue weighted by Crippen LogP contribution is 2.36. The van der Waals surface area contributed by atoms with Crippen LogP contribution in [0.5, 0.6) is 11.5 Å². The van der Waals surface area contributed by atoms with Crippen molar-refractivity contribution in [2.24, 2.45) is 4.99 Å². The van der Waals surface area contributed by atoms with Gasteiger partial charge in [-0.05, 0) is 63.0 Å². The number of thioether (sulfide) groups is 1. The summed E-state index contributed by atoms with van der Waals surface area (Å²) in [6, 6.07) is 6.16. The van der Waals surface area contributed by atoms with Gasteiger partial charge in [-0.1, -0.05) is 6.07 Å². The van der Waals surface area contributed by atoms with E-state index in [1.54, 1.807) is 7.11 Å². The number of benzene rings is 1. The molecule has 2 N–H and O–H groups in total. The van der Waals surface area contributed by atoms with Crippen LogP contribution in [0.15, 0.2) is 23.2 Å². The number of rotatable bonds is 9. The normalized spacial score (nSPS) is 19.3. The summed E-state index contributed by atoms with van der Waals surface area (Å²) in [4.78, 5) is 4.33. The molecule has 0 aliphatic carbocycles. The third kappa shape index (κ3) is 7.97. The summed E-state index contributed by atoms with van der Waals surface area (Å²) in [6.45, 7) is 6.82. The molecule has 1 atom stereocenters. The van der Waals surface area contributed by atoms with Crippen LogP contribution in [0.25, 0.3) is 0 Å². The SMILES string of the molecule is CCOc1cc(CCCNC(=NC)NCC2(C)CCCS2)ccc1OC.I. The Hall–Kier alpha value is -0.830. The summed E-state index contributed by atoms with van der Waals surface area (Å²) in [6.07, 6.45) is 4.62. The summed E-state index contributed by atoms with van der Waals surface area (Å²) in [5.41, 5.74) is 1.26. The van der Waals surface area contributed by atoms with E-state index >= 15 is 0 Å². The zero-order chi connectivity index (χ0) is 18.8. The van der Waals surface area contributed by atoms with Crippen molar-refractivity contribution in [3.63, 3.8) is 0 Å². The second-order valence-corrected chi connectivity index (χ2v) is 8.46. The molecule has 1 saturated heterocycles. The van der Waals surface area contributed by atoms with Crippen molar-refractivity contribution < 1.29 is 9.47 Å². The average molecular weight is 507 g/mol. The van der Waals surface area contributed by atoms with Crippen molar-refractivity contribution in [2.45, 2.75) is 44.3 Å². The number of methoxy groups -OCH3 is 1. The number of ether oxygens (including phenoxy) is 2. The van der Waals surface area contributed by atoms with E-state index in [-0.39, 0.29) is 24.0 Å². The molecule has 1 heterocycles. The lowest BCUT2D eigenvalue weighted by Crippen LogP contribution is -2.43. The molecule has 0 radical (unpaired) electrons. The van der Waals surface area contributed by atoms with Crippen LogP contribution in [0.4, 0.5) is 0 Å². The van der Waals surface area contributed by atoms with E-state index in [0.29, 0.717) is 11.4 Å². The molecule has 1 unspecified atom stereocenters. The fourth-order valence-electron chi connectivity index (χ4n) is 3.11. The van der Waals surface area contributed by atoms with Crippen molar-refractivity contribution in [2.75, 3.05) is 39.6 Å². The third-order valence-electron chi connectivity index (χ3n) is 4.62. The van der Waals surface area contributed by atoms with E-state index in [1.165, 1.54) is 24.2 Å². The summed E-state index contributed by atoms with van der Waals surface area (Å²) in [7, 11) is 3.50. The Morgan fingerprint density at radius 3 is 2.74 bits per heavy atom. The number of nitrogens with zero attached hydrogens (tertiary/aromatic N) is 1. The van der Waals surface area contributed by atoms with Gasteiger partial charge in [0.05, 0.1) is 13.7 Å². The van der Waals surface area contributed by atoms with E-state index in [0.717, 1.165) is 43.4 Å². The lowest BCUT2D eigenvalue weighted by molar-refractivity contribution is 0.310. The highest BCUT2D eigenvalue weighted by Gasteiger charge is 2.29. The van der Waals surface area contributed by atoms with Crippen LogP contribution in [-0.4, -0.2) is 50.3 Å². The summed E-state index contributed by atoms with van der Waals surface area (Å²) in [5, 5.41) is 6.89. The molecule has 2 rings (SSSR count). The molecule has 0 saturated carbocycles. The van der Waals surface area contributed by atoms with Crippen molar-refractivity contribution in [1.29, 1.82) is 0 Å². The zero-order valence-corrected chi connectivity index (χ0v) is 20.1. The second-order valence-electron chi connectivity index (χ2n) is 6.78. The van der Waals surface area contributed by atoms with Crippen LogP contribution < -0.4 is 20.1 Å². The number of aryl methyl sites for hydroxylation is 1. The van der Waals surface area contributed by atoms with Gasteiger partial charge < -0.3 is 20.1 Å². The van der Waals surface area contributed by atoms with Crippen LogP contribution in [0, 0.1) is 0 Å². The van der Waals surface area contributed by atoms with Crippen molar-refractivity contribution in [3.05, 3.63) is 23.8 Å². The number of guanidine groups is 1. The molecule has 0 spiro atoms. The molecule has 5 nitrogen and oxygen atoms in total. The quantitative estimate of drug-likeness (QED) is 0.228. The summed E-state index contributed by atoms with van der Waals surface area (Å²) >= 11 is 2.06. The highest BCUT2D eigenvalue weighted by molar-refractivity contribution is 14.0. The van der Waals surface area contributed by atoms with E-state index in [9.17, 15) is 0 Å². The van der Waals surface area contributed by atoms with Crippen LogP contribution in [-0.2, 0) is 6.42 Å². The molecular weight excluding hydrogens is 473 g/mol. The smallest absolute Gasteiger partial charge is 0.191 e. The van der Waals surface area contributed by atoms with E-state index in [1.807, 2.05) is 20.0 Å². The maximum atomic E-state index is 5.65. The van der Waals surface area contributed by atoms with Gasteiger partial charge in [-0.15, -0.1) is 24.0 Å². The maximum Gasteiger partial charge on any atom is 0.191 e. The Bertz CT molecular complexity index is 593. The average Bonchev–Trinajstić information content (AvgIpc) is 3.08. The number of hydrogen-bond acceptors (Lipinski definition) is 4. The second kappa shape index (κ2) is 12.6. The zero-order valence-electron chi connectivity index (χ0n) is 17.0. The number of hydrogen-bond donors (Lipinski definition) is 2. The van der Waals surface area contributed by atoms with Crippen molar-refractivity contribution >= 4 is 41.7 Å². The largest absolute Gasteiger partial charge is 0.493 e. The fraction of sp³-hybridized carbons (Fsp3) is 0.650. The molecule has 0 bridgehead atoms. The Morgan fingerprint density at radius 2 is 2.11 bits per heavy atom. The van der Waals surface area contributed by atoms with E-state index in [4.69, 9.17) is 9.47 Å². The fourth-order valence-corrected chi connectivity index (χ4v) is 4.36. The minimum Gasteiger partial charge on any atom is -0.493 e. The van der Waals surface area contributed by atoms with E-state index in [2.05, 4.69) is 46.4 Å². The molecule has 1 fully saturated rings. The van der Waals surface area contributed by atoms with Gasteiger partial charge in [0, 0.05) is 24.9 Å². The van der Waals surface area contributed by atoms with Gasteiger partial charge in [0.15, 0.2) is 17.5 Å². The first-order valence-corrected chi connectivity index (χ1v) is 10.5. The van der Waals surface area contributed by atoms with Crippen LogP contribution >= 0.6 is 35.7 Å². The minimum absolute atomic E-state index is 0. The molecule has 0 aromatic heterocycles. The lowest BCUT2D eigenvalue weighted by atomic mass is 10.1. The van der Waals surface area contributed by atoms with Crippen LogP contribution in [0.2, 0.25) is 0 Å². The molecular formula is C20H34IN3O2S. The standard InChI is InChI=1S/C20H33N3O2S.HI/c1-5-25-18-14-16(9-10-17(18)24-4)8-6-12-22-19(21-3)23-15-20(2)11-7-13-26-20;/h9-10,14H,5-8,11-13,15H2,1-4H3,(H2,21,22,23);1H. The minimum atomic E-state index is 0. The van der Waals surface area contributed by atoms with Gasteiger partial charge in [-0.2, -0.15) is 11.8 Å². The first-order valence-electron chi connectivity index (χ1n) is 9.48. The van der Waals surface area contributed by atoms with Gasteiger partial charge in [0.25, 0.3) is 0 Å². The predicted molar refractivity (Wildman–Crippen MR) is 127 cm³/mol. The number of aliphatic imine (C=N–C) groups is 1. The molecule has 1 aromatic carbocycles. The highest BCUT2D eigenvalue weighted by atomic mass is 127. The van der Waals surface area contributed by atoms with Crippen molar-refractivity contribution in [1.82, 2.24) is 10.6 Å². The molecule has 1 aliphatic heterocycles. The third-order valence-corrected chi connectivity index (χ3v) is 6.15. The molecule has 1 aromatic rings. The molecule has 0 amide bonds. The molecule has 154 valence electrons. The Morgan fingerprint density at radius 1 is 1.30 bits per heavy atom. The van der Waals surface area contributed by atoms with Gasteiger partial charge in [0.2, 0.25) is 0 Å². The monoisotopic (exact) mass is 507 g/mol. The predicted octanol–water partition coefficient (Wildman–Crippen LogP) is 4.10. The lowest BCUT2D eigenvalue weighted by Gasteiger charge is -2.24. The Labute approximate surface area is 185 Å². The van der Waals surface area contributed by atoms with Gasteiger partial charge in [-0.25, -0.2) is 0 Å². The van der Waals surface area contributed by atoms with Crippen LogP contribution in [0.3, 0.4) is 0 Å². The van der Waals surface area contributed by atoms with Gasteiger partial charge >= 0.3 is 0 Å². The summed E-state index contributed by atoms with van der Waals surface area (Å²) in [5.74, 6) is 3.77. The van der Waals surface area contributed by atoms with Crippen LogP contribution in [0.1, 0.15) is 38.7 Å². The number of halogens is 1. The molecule has 1 aliphatic rings. The van der Waals surface area contributed by atoms with E-state index < -0.39 is 0 Å². The first kappa shape index (κ1) is 24.2. The Balaban J connectivity index is 0.00000364. The molecule has 27 heavy (non-hydrogen) atoms. The van der Waals surface area contributed by atoms with Gasteiger partial charge in [0.1, 0.15) is 0 Å². The maximum absolute atomic E-state index is 5.65.